The van der Waals surface area contributed by atoms with Crippen LogP contribution in [0.1, 0.15) is 56.2 Å². The lowest BCUT2D eigenvalue weighted by molar-refractivity contribution is -0.134. The third-order valence-electron chi connectivity index (χ3n) is 6.24. The van der Waals surface area contributed by atoms with E-state index in [4.69, 9.17) is 28.3 Å². The number of guanidine groups is 1. The number of amides is 3. The highest BCUT2D eigenvalue weighted by atomic mass is 16.2. The van der Waals surface area contributed by atoms with E-state index in [0.717, 1.165) is 11.1 Å². The number of aliphatic imine (C=N–C) groups is 1. The second-order valence-electron chi connectivity index (χ2n) is 10.5. The van der Waals surface area contributed by atoms with Gasteiger partial charge in [0.25, 0.3) is 0 Å². The van der Waals surface area contributed by atoms with Gasteiger partial charge in [-0.2, -0.15) is 0 Å². The monoisotopic (exact) mass is 536 g/mol. The van der Waals surface area contributed by atoms with Gasteiger partial charge >= 0.3 is 0 Å². The van der Waals surface area contributed by atoms with Crippen LogP contribution in [0.25, 0.3) is 0 Å². The van der Waals surface area contributed by atoms with Gasteiger partial charge in [0.15, 0.2) is 5.96 Å². The highest BCUT2D eigenvalue weighted by Crippen LogP contribution is 2.25. The Bertz CT molecular complexity index is 1170. The maximum atomic E-state index is 13.7. The van der Waals surface area contributed by atoms with Crippen molar-refractivity contribution in [3.05, 3.63) is 71.3 Å². The van der Waals surface area contributed by atoms with Crippen LogP contribution >= 0.6 is 0 Å². The van der Waals surface area contributed by atoms with Gasteiger partial charge in [0.1, 0.15) is 17.9 Å². The molecule has 2 rings (SSSR count). The first kappa shape index (κ1) is 30.8. The molecule has 0 saturated carbocycles. The summed E-state index contributed by atoms with van der Waals surface area (Å²) in [5, 5.41) is 13.2. The fourth-order valence-electron chi connectivity index (χ4n) is 4.07. The maximum Gasteiger partial charge on any atom is 0.243 e. The van der Waals surface area contributed by atoms with Gasteiger partial charge in [-0.1, -0.05) is 75.4 Å². The molecule has 0 saturated heterocycles. The number of rotatable bonds is 13. The number of hydrogen-bond acceptors (Lipinski definition) is 5. The number of carbonyl (C=O) groups is 3. The Morgan fingerprint density at radius 3 is 2.03 bits per heavy atom. The SMILES string of the molecule is CC(C)(C)[C@H](NC(=O)C(Cc1ccc(C(=N)N)cc1)c1ccccc1)C(=O)N[C@@H](CCCN=C(N)N)C(N)=O. The molecule has 1 unspecified atom stereocenters. The molecule has 0 aliphatic rings. The van der Waals surface area contributed by atoms with Crippen LogP contribution in [-0.2, 0) is 20.8 Å². The largest absolute Gasteiger partial charge is 0.384 e. The Labute approximate surface area is 229 Å². The molecule has 3 amide bonds. The number of amidine groups is 1. The van der Waals surface area contributed by atoms with Gasteiger partial charge in [0.2, 0.25) is 17.7 Å². The van der Waals surface area contributed by atoms with Gasteiger partial charge in [-0.25, -0.2) is 0 Å². The summed E-state index contributed by atoms with van der Waals surface area (Å²) >= 11 is 0. The number of nitrogens with one attached hydrogen (secondary N) is 3. The second-order valence-corrected chi connectivity index (χ2v) is 10.5. The van der Waals surface area contributed by atoms with Crippen molar-refractivity contribution in [2.45, 2.75) is 58.0 Å². The van der Waals surface area contributed by atoms with Gasteiger partial charge in [0, 0.05) is 12.1 Å². The fourth-order valence-corrected chi connectivity index (χ4v) is 4.07. The van der Waals surface area contributed by atoms with Crippen molar-refractivity contribution < 1.29 is 14.4 Å². The molecule has 2 aromatic carbocycles. The lowest BCUT2D eigenvalue weighted by Crippen LogP contribution is -2.58. The van der Waals surface area contributed by atoms with Crippen molar-refractivity contribution >= 4 is 29.5 Å². The summed E-state index contributed by atoms with van der Waals surface area (Å²) in [5.41, 5.74) is 23.3. The quantitative estimate of drug-likeness (QED) is 0.112. The number of nitrogens with zero attached hydrogens (tertiary/aromatic N) is 1. The second kappa shape index (κ2) is 13.9. The molecule has 210 valence electrons. The van der Waals surface area contributed by atoms with Crippen molar-refractivity contribution in [1.29, 1.82) is 5.41 Å². The zero-order chi connectivity index (χ0) is 29.2. The number of benzene rings is 2. The van der Waals surface area contributed by atoms with Crippen LogP contribution in [0, 0.1) is 10.8 Å². The first-order valence-electron chi connectivity index (χ1n) is 12.7. The summed E-state index contributed by atoms with van der Waals surface area (Å²) in [6.45, 7) is 5.77. The van der Waals surface area contributed by atoms with Crippen LogP contribution in [0.4, 0.5) is 0 Å². The molecule has 11 heteroatoms. The minimum Gasteiger partial charge on any atom is -0.384 e. The summed E-state index contributed by atoms with van der Waals surface area (Å²) in [4.78, 5) is 43.0. The Morgan fingerprint density at radius 2 is 1.51 bits per heavy atom. The van der Waals surface area contributed by atoms with Crippen molar-refractivity contribution in [3.8, 4) is 0 Å². The van der Waals surface area contributed by atoms with Gasteiger partial charge in [0.05, 0.1) is 5.92 Å². The molecule has 0 radical (unpaired) electrons. The molecular formula is C28H40N8O3. The van der Waals surface area contributed by atoms with Crippen molar-refractivity contribution in [1.82, 2.24) is 10.6 Å². The number of hydrogen-bond donors (Lipinski definition) is 7. The van der Waals surface area contributed by atoms with Crippen molar-refractivity contribution in [2.75, 3.05) is 6.54 Å². The molecule has 0 aliphatic heterocycles. The third kappa shape index (κ3) is 9.76. The van der Waals surface area contributed by atoms with Crippen molar-refractivity contribution in [3.63, 3.8) is 0 Å². The van der Waals surface area contributed by atoms with Gasteiger partial charge in [-0.3, -0.25) is 24.8 Å². The van der Waals surface area contributed by atoms with E-state index < -0.39 is 35.2 Å². The predicted octanol–water partition coefficient (Wildman–Crippen LogP) is 0.852. The first-order valence-corrected chi connectivity index (χ1v) is 12.7. The lowest BCUT2D eigenvalue weighted by atomic mass is 9.84. The van der Waals surface area contributed by atoms with Gasteiger partial charge in [-0.05, 0) is 35.8 Å². The highest BCUT2D eigenvalue weighted by Gasteiger charge is 2.36. The normalized spacial score (nSPS) is 13.4. The Hall–Kier alpha value is -4.41. The van der Waals surface area contributed by atoms with Crippen LogP contribution < -0.4 is 33.6 Å². The Kier molecular flexibility index (Phi) is 11.0. The minimum atomic E-state index is -0.948. The topological polar surface area (TPSA) is 216 Å². The molecule has 0 aromatic heterocycles. The Balaban J connectivity index is 2.25. The number of nitrogens with two attached hydrogens (primary N) is 4. The number of primary amides is 1. The van der Waals surface area contributed by atoms with Gasteiger partial charge < -0.3 is 33.6 Å². The average molecular weight is 537 g/mol. The molecule has 0 bridgehead atoms. The van der Waals surface area contributed by atoms with Crippen molar-refractivity contribution in [2.24, 2.45) is 33.3 Å². The predicted molar refractivity (Wildman–Crippen MR) is 153 cm³/mol. The van der Waals surface area contributed by atoms with Crippen LogP contribution in [0.2, 0.25) is 0 Å². The van der Waals surface area contributed by atoms with E-state index in [2.05, 4.69) is 15.6 Å². The molecular weight excluding hydrogens is 496 g/mol. The maximum absolute atomic E-state index is 13.7. The molecule has 0 aliphatic carbocycles. The van der Waals surface area contributed by atoms with E-state index in [9.17, 15) is 14.4 Å². The molecule has 0 fully saturated rings. The average Bonchev–Trinajstić information content (AvgIpc) is 2.87. The zero-order valence-corrected chi connectivity index (χ0v) is 22.7. The van der Waals surface area contributed by atoms with E-state index in [0.29, 0.717) is 18.4 Å². The molecule has 0 spiro atoms. The minimum absolute atomic E-state index is 0.0385. The lowest BCUT2D eigenvalue weighted by Gasteiger charge is -2.33. The smallest absolute Gasteiger partial charge is 0.243 e. The Morgan fingerprint density at radius 1 is 0.897 bits per heavy atom. The van der Waals surface area contributed by atoms with Crippen LogP contribution in [0.15, 0.2) is 59.6 Å². The molecule has 11 N–H and O–H groups in total. The van der Waals surface area contributed by atoms with Crippen LogP contribution in [0.5, 0.6) is 0 Å². The summed E-state index contributed by atoms with van der Waals surface area (Å²) in [6.07, 6.45) is 1.03. The molecule has 2 aromatic rings. The standard InChI is InChI=1S/C28H40N8O3/c1-28(2,3)22(26(39)35-21(24(31)37)10-7-15-34-27(32)33)36-25(38)20(18-8-5-4-6-9-18)16-17-11-13-19(14-12-17)23(29)30/h4-6,8-9,11-14,20-22H,7,10,15-16H2,1-3H3,(H3,29,30)(H2,31,37)(H,35,39)(H,36,38)(H4,32,33,34)/t20?,21-,22+/m0/s1. The molecule has 3 atom stereocenters. The molecule has 0 heterocycles. The summed E-state index contributed by atoms with van der Waals surface area (Å²) in [6, 6.07) is 14.5. The summed E-state index contributed by atoms with van der Waals surface area (Å²) < 4.78 is 0. The fraction of sp³-hybridized carbons (Fsp3) is 0.393. The van der Waals surface area contributed by atoms with Crippen LogP contribution in [-0.4, -0.2) is 48.1 Å². The van der Waals surface area contributed by atoms with Gasteiger partial charge in [-0.15, -0.1) is 0 Å². The number of carbonyl (C=O) groups excluding carboxylic acids is 3. The summed E-state index contributed by atoms with van der Waals surface area (Å²) in [5.74, 6) is -2.24. The number of nitrogen functional groups attached to an aromatic ring is 1. The highest BCUT2D eigenvalue weighted by molar-refractivity contribution is 5.95. The van der Waals surface area contributed by atoms with E-state index in [1.54, 1.807) is 12.1 Å². The molecule has 39 heavy (non-hydrogen) atoms. The van der Waals surface area contributed by atoms with E-state index in [1.807, 2.05) is 63.2 Å². The summed E-state index contributed by atoms with van der Waals surface area (Å²) in [7, 11) is 0. The third-order valence-corrected chi connectivity index (χ3v) is 6.24. The van der Waals surface area contributed by atoms with E-state index in [-0.39, 0.29) is 30.7 Å². The first-order chi connectivity index (χ1) is 18.3. The van der Waals surface area contributed by atoms with Crippen LogP contribution in [0.3, 0.4) is 0 Å². The zero-order valence-electron chi connectivity index (χ0n) is 22.7. The van der Waals surface area contributed by atoms with E-state index >= 15 is 0 Å². The molecule has 11 nitrogen and oxygen atoms in total. The van der Waals surface area contributed by atoms with E-state index in [1.165, 1.54) is 0 Å².